The number of aromatic nitrogens is 1. The third kappa shape index (κ3) is 3.97. The molecule has 0 saturated heterocycles. The van der Waals surface area contributed by atoms with Crippen molar-refractivity contribution in [2.24, 2.45) is 5.10 Å². The molecule has 8 heteroatoms. The number of methoxy groups -OCH3 is 1. The molecule has 0 amide bonds. The Balaban J connectivity index is 1.66. The molecule has 31 heavy (non-hydrogen) atoms. The highest BCUT2D eigenvalue weighted by Crippen LogP contribution is 2.31. The van der Waals surface area contributed by atoms with Crippen molar-refractivity contribution >= 4 is 60.9 Å². The first kappa shape index (κ1) is 19.9. The number of para-hydroxylation sites is 1. The molecule has 154 valence electrons. The van der Waals surface area contributed by atoms with Crippen LogP contribution in [0.3, 0.4) is 0 Å². The van der Waals surface area contributed by atoms with Crippen LogP contribution in [0.25, 0.3) is 32.5 Å². The van der Waals surface area contributed by atoms with Crippen molar-refractivity contribution in [2.45, 2.75) is 0 Å². The SMILES string of the molecule is COc1ccc(-c2cc(=NNc3nc4ccccc4s3)c3cc(Cl)cc(Cl)c3o2)cc1. The van der Waals surface area contributed by atoms with Gasteiger partial charge < -0.3 is 9.15 Å². The lowest BCUT2D eigenvalue weighted by Gasteiger charge is -2.08. The maximum atomic E-state index is 6.44. The van der Waals surface area contributed by atoms with Crippen LogP contribution in [0.2, 0.25) is 10.0 Å². The van der Waals surface area contributed by atoms with Crippen molar-refractivity contribution in [1.29, 1.82) is 0 Å². The summed E-state index contributed by atoms with van der Waals surface area (Å²) in [6, 6.07) is 20.8. The Morgan fingerprint density at radius 2 is 1.84 bits per heavy atom. The van der Waals surface area contributed by atoms with Crippen LogP contribution in [0.1, 0.15) is 0 Å². The normalized spacial score (nSPS) is 11.9. The first-order chi connectivity index (χ1) is 15.1. The minimum atomic E-state index is 0.411. The van der Waals surface area contributed by atoms with E-state index in [1.165, 1.54) is 11.3 Å². The van der Waals surface area contributed by atoms with Gasteiger partial charge in [0.15, 0.2) is 5.58 Å². The van der Waals surface area contributed by atoms with Gasteiger partial charge in [-0.2, -0.15) is 5.10 Å². The van der Waals surface area contributed by atoms with Crippen LogP contribution in [-0.2, 0) is 0 Å². The molecule has 0 bridgehead atoms. The zero-order valence-corrected chi connectivity index (χ0v) is 18.6. The Hall–Kier alpha value is -3.06. The summed E-state index contributed by atoms with van der Waals surface area (Å²) in [5, 5.41) is 7.53. The zero-order chi connectivity index (χ0) is 21.4. The second kappa shape index (κ2) is 8.23. The molecular weight excluding hydrogens is 453 g/mol. The van der Waals surface area contributed by atoms with Gasteiger partial charge in [-0.1, -0.05) is 46.7 Å². The van der Waals surface area contributed by atoms with E-state index in [1.54, 1.807) is 19.2 Å². The zero-order valence-electron chi connectivity index (χ0n) is 16.2. The fourth-order valence-electron chi connectivity index (χ4n) is 3.21. The molecule has 0 atom stereocenters. The molecule has 0 spiro atoms. The van der Waals surface area contributed by atoms with Gasteiger partial charge in [0.1, 0.15) is 11.5 Å². The van der Waals surface area contributed by atoms with E-state index in [9.17, 15) is 0 Å². The average Bonchev–Trinajstić information content (AvgIpc) is 3.21. The fraction of sp³-hybridized carbons (Fsp3) is 0.0435. The monoisotopic (exact) mass is 467 g/mol. The molecule has 2 aromatic heterocycles. The molecule has 0 radical (unpaired) electrons. The number of ether oxygens (including phenoxy) is 1. The number of anilines is 1. The molecule has 0 aliphatic carbocycles. The summed E-state index contributed by atoms with van der Waals surface area (Å²) >= 11 is 14.2. The Morgan fingerprint density at radius 3 is 2.61 bits per heavy atom. The number of hydrogen-bond acceptors (Lipinski definition) is 6. The van der Waals surface area contributed by atoms with Gasteiger partial charge in [0, 0.05) is 22.0 Å². The van der Waals surface area contributed by atoms with Gasteiger partial charge in [-0.05, 0) is 48.5 Å². The van der Waals surface area contributed by atoms with Gasteiger partial charge in [-0.3, -0.25) is 5.43 Å². The van der Waals surface area contributed by atoms with E-state index < -0.39 is 0 Å². The first-order valence-electron chi connectivity index (χ1n) is 9.33. The first-order valence-corrected chi connectivity index (χ1v) is 10.9. The molecule has 0 unspecified atom stereocenters. The summed E-state index contributed by atoms with van der Waals surface area (Å²) in [5.74, 6) is 1.38. The number of thiazole rings is 1. The van der Waals surface area contributed by atoms with Crippen molar-refractivity contribution in [3.8, 4) is 17.1 Å². The number of halogens is 2. The third-order valence-corrected chi connectivity index (χ3v) is 6.14. The van der Waals surface area contributed by atoms with Crippen LogP contribution in [0.5, 0.6) is 5.75 Å². The molecule has 3 aromatic carbocycles. The van der Waals surface area contributed by atoms with Crippen LogP contribution >= 0.6 is 34.5 Å². The Morgan fingerprint density at radius 1 is 1.03 bits per heavy atom. The van der Waals surface area contributed by atoms with E-state index in [4.69, 9.17) is 32.4 Å². The Kier molecular flexibility index (Phi) is 5.28. The number of benzene rings is 3. The molecule has 0 aliphatic rings. The number of nitrogens with one attached hydrogen (secondary N) is 1. The standard InChI is InChI=1S/C23H15Cl2N3O2S/c1-29-15-8-6-13(7-9-15)20-12-19(16-10-14(24)11-17(25)22(16)30-20)27-28-23-26-18-4-2-3-5-21(18)31-23/h2-12H,1H3,(H,26,28). The van der Waals surface area contributed by atoms with E-state index in [0.717, 1.165) is 21.5 Å². The number of fused-ring (bicyclic) bond motifs is 2. The second-order valence-electron chi connectivity index (χ2n) is 6.70. The Bertz CT molecular complexity index is 1440. The topological polar surface area (TPSA) is 59.6 Å². The highest BCUT2D eigenvalue weighted by Gasteiger charge is 2.11. The molecule has 0 saturated carbocycles. The van der Waals surface area contributed by atoms with E-state index in [2.05, 4.69) is 15.5 Å². The van der Waals surface area contributed by atoms with Gasteiger partial charge in [-0.25, -0.2) is 4.98 Å². The summed E-state index contributed by atoms with van der Waals surface area (Å²) in [6.07, 6.45) is 0. The number of rotatable bonds is 4. The van der Waals surface area contributed by atoms with Gasteiger partial charge >= 0.3 is 0 Å². The predicted octanol–water partition coefficient (Wildman–Crippen LogP) is 6.95. The highest BCUT2D eigenvalue weighted by atomic mass is 35.5. The molecule has 0 fully saturated rings. The molecule has 2 heterocycles. The maximum absolute atomic E-state index is 6.44. The molecule has 5 nitrogen and oxygen atoms in total. The van der Waals surface area contributed by atoms with Gasteiger partial charge in [0.2, 0.25) is 5.13 Å². The highest BCUT2D eigenvalue weighted by molar-refractivity contribution is 7.22. The van der Waals surface area contributed by atoms with Crippen LogP contribution in [0, 0.1) is 0 Å². The molecule has 5 aromatic rings. The lowest BCUT2D eigenvalue weighted by atomic mass is 10.1. The smallest absolute Gasteiger partial charge is 0.204 e. The molecule has 1 N–H and O–H groups in total. The van der Waals surface area contributed by atoms with Crippen molar-refractivity contribution in [3.05, 3.63) is 82.1 Å². The minimum absolute atomic E-state index is 0.411. The van der Waals surface area contributed by atoms with Gasteiger partial charge in [0.25, 0.3) is 0 Å². The second-order valence-corrected chi connectivity index (χ2v) is 8.57. The van der Waals surface area contributed by atoms with Crippen LogP contribution in [0.15, 0.2) is 76.2 Å². The lowest BCUT2D eigenvalue weighted by Crippen LogP contribution is -2.07. The van der Waals surface area contributed by atoms with Crippen molar-refractivity contribution < 1.29 is 9.15 Å². The molecular formula is C23H15Cl2N3O2S. The molecule has 0 aliphatic heterocycles. The summed E-state index contributed by atoms with van der Waals surface area (Å²) in [4.78, 5) is 4.57. The van der Waals surface area contributed by atoms with Crippen LogP contribution < -0.4 is 15.5 Å². The van der Waals surface area contributed by atoms with Gasteiger partial charge in [0.05, 0.1) is 27.7 Å². The van der Waals surface area contributed by atoms with Crippen LogP contribution in [0.4, 0.5) is 5.13 Å². The number of nitrogens with zero attached hydrogens (tertiary/aromatic N) is 2. The summed E-state index contributed by atoms with van der Waals surface area (Å²) in [7, 11) is 1.63. The lowest BCUT2D eigenvalue weighted by molar-refractivity contribution is 0.415. The molecule has 5 rings (SSSR count). The Labute approximate surface area is 191 Å². The summed E-state index contributed by atoms with van der Waals surface area (Å²) in [6.45, 7) is 0. The van der Waals surface area contributed by atoms with Gasteiger partial charge in [-0.15, -0.1) is 0 Å². The predicted molar refractivity (Wildman–Crippen MR) is 127 cm³/mol. The largest absolute Gasteiger partial charge is 0.497 e. The van der Waals surface area contributed by atoms with E-state index >= 15 is 0 Å². The van der Waals surface area contributed by atoms with E-state index in [0.29, 0.717) is 37.3 Å². The summed E-state index contributed by atoms with van der Waals surface area (Å²) < 4.78 is 12.4. The van der Waals surface area contributed by atoms with E-state index in [1.807, 2.05) is 54.6 Å². The van der Waals surface area contributed by atoms with Crippen molar-refractivity contribution in [1.82, 2.24) is 4.98 Å². The minimum Gasteiger partial charge on any atom is -0.497 e. The number of hydrogen-bond donors (Lipinski definition) is 1. The van der Waals surface area contributed by atoms with Crippen molar-refractivity contribution in [2.75, 3.05) is 12.5 Å². The van der Waals surface area contributed by atoms with Crippen LogP contribution in [-0.4, -0.2) is 12.1 Å². The average molecular weight is 468 g/mol. The summed E-state index contributed by atoms with van der Waals surface area (Å²) in [5.41, 5.74) is 5.35. The fourth-order valence-corrected chi connectivity index (χ4v) is 4.55. The van der Waals surface area contributed by atoms with Crippen molar-refractivity contribution in [3.63, 3.8) is 0 Å². The van der Waals surface area contributed by atoms with E-state index in [-0.39, 0.29) is 0 Å². The third-order valence-electron chi connectivity index (χ3n) is 4.70. The maximum Gasteiger partial charge on any atom is 0.204 e. The quantitative estimate of drug-likeness (QED) is 0.290.